The average Bonchev–Trinajstić information content (AvgIpc) is 2.17. The monoisotopic (exact) mass is 226 g/mol. The molecule has 0 aliphatic heterocycles. The van der Waals surface area contributed by atoms with Crippen LogP contribution in [-0.4, -0.2) is 14.1 Å². The molecular weight excluding hydrogens is 210 g/mol. The lowest BCUT2D eigenvalue weighted by molar-refractivity contribution is 0.253. The van der Waals surface area contributed by atoms with Gasteiger partial charge in [0.1, 0.15) is 0 Å². The molecule has 2 nitrogen and oxygen atoms in total. The zero-order valence-corrected chi connectivity index (χ0v) is 9.56. The zero-order chi connectivity index (χ0) is 11.9. The van der Waals surface area contributed by atoms with Crippen LogP contribution in [0.4, 0.5) is 14.5 Å². The Kier molecular flexibility index (Phi) is 2.62. The Morgan fingerprint density at radius 1 is 1.19 bits per heavy atom. The summed E-state index contributed by atoms with van der Waals surface area (Å²) in [5.41, 5.74) is 7.07. The molecule has 0 spiro atoms. The van der Waals surface area contributed by atoms with Gasteiger partial charge in [0.15, 0.2) is 11.6 Å². The first kappa shape index (κ1) is 11.3. The second kappa shape index (κ2) is 3.70. The summed E-state index contributed by atoms with van der Waals surface area (Å²) in [6.07, 6.45) is 2.71. The zero-order valence-electron chi connectivity index (χ0n) is 9.56. The van der Waals surface area contributed by atoms with E-state index in [1.807, 2.05) is 0 Å². The van der Waals surface area contributed by atoms with Gasteiger partial charge in [0.25, 0.3) is 0 Å². The Labute approximate surface area is 94.0 Å². The molecule has 0 unspecified atom stereocenters. The van der Waals surface area contributed by atoms with Crippen molar-refractivity contribution in [3.63, 3.8) is 0 Å². The molecule has 4 heteroatoms. The summed E-state index contributed by atoms with van der Waals surface area (Å²) in [6, 6.07) is 2.46. The Balaban J connectivity index is 2.53. The van der Waals surface area contributed by atoms with E-state index in [1.165, 1.54) is 12.1 Å². The summed E-state index contributed by atoms with van der Waals surface area (Å²) < 4.78 is 26.5. The third-order valence-electron chi connectivity index (χ3n) is 3.30. The Morgan fingerprint density at radius 2 is 1.75 bits per heavy atom. The molecule has 0 radical (unpaired) electrons. The first-order valence-corrected chi connectivity index (χ1v) is 5.40. The highest BCUT2D eigenvalue weighted by molar-refractivity contribution is 5.56. The maximum Gasteiger partial charge on any atom is 0.160 e. The van der Waals surface area contributed by atoms with Crippen LogP contribution in [0.1, 0.15) is 24.8 Å². The molecule has 1 aromatic carbocycles. The number of benzene rings is 1. The average molecular weight is 226 g/mol. The highest BCUT2D eigenvalue weighted by Gasteiger charge is 2.37. The minimum atomic E-state index is -0.824. The van der Waals surface area contributed by atoms with Crippen molar-refractivity contribution in [2.45, 2.75) is 24.8 Å². The lowest BCUT2D eigenvalue weighted by atomic mass is 9.72. The van der Waals surface area contributed by atoms with Crippen molar-refractivity contribution < 1.29 is 8.78 Å². The Morgan fingerprint density at radius 3 is 2.19 bits per heavy atom. The van der Waals surface area contributed by atoms with E-state index < -0.39 is 17.2 Å². The SMILES string of the molecule is CN(C)c1cc(F)c(F)cc1C1(N)CCC1. The van der Waals surface area contributed by atoms with Crippen LogP contribution in [0, 0.1) is 11.6 Å². The highest BCUT2D eigenvalue weighted by Crippen LogP contribution is 2.43. The molecule has 1 saturated carbocycles. The Hall–Kier alpha value is -1.16. The number of nitrogens with two attached hydrogens (primary N) is 1. The van der Waals surface area contributed by atoms with Gasteiger partial charge < -0.3 is 10.6 Å². The first-order valence-electron chi connectivity index (χ1n) is 5.40. The van der Waals surface area contributed by atoms with E-state index >= 15 is 0 Å². The predicted molar refractivity (Wildman–Crippen MR) is 60.4 cm³/mol. The van der Waals surface area contributed by atoms with E-state index in [4.69, 9.17) is 5.73 Å². The topological polar surface area (TPSA) is 29.3 Å². The molecule has 88 valence electrons. The maximum absolute atomic E-state index is 13.3. The van der Waals surface area contributed by atoms with Gasteiger partial charge in [-0.1, -0.05) is 0 Å². The summed E-state index contributed by atoms with van der Waals surface area (Å²) in [6.45, 7) is 0. The van der Waals surface area contributed by atoms with Crippen molar-refractivity contribution >= 4 is 5.69 Å². The molecule has 0 saturated heterocycles. The number of halogens is 2. The van der Waals surface area contributed by atoms with Crippen LogP contribution in [0.15, 0.2) is 12.1 Å². The molecule has 0 heterocycles. The third kappa shape index (κ3) is 1.67. The molecule has 16 heavy (non-hydrogen) atoms. The van der Waals surface area contributed by atoms with Gasteiger partial charge in [0, 0.05) is 31.4 Å². The van der Waals surface area contributed by atoms with Crippen molar-refractivity contribution in [3.8, 4) is 0 Å². The van der Waals surface area contributed by atoms with Crippen LogP contribution in [0.3, 0.4) is 0 Å². The molecule has 1 aromatic rings. The van der Waals surface area contributed by atoms with Crippen molar-refractivity contribution in [1.82, 2.24) is 0 Å². The number of hydrogen-bond acceptors (Lipinski definition) is 2. The molecule has 1 fully saturated rings. The van der Waals surface area contributed by atoms with E-state index in [-0.39, 0.29) is 0 Å². The van der Waals surface area contributed by atoms with Gasteiger partial charge in [-0.3, -0.25) is 0 Å². The van der Waals surface area contributed by atoms with Crippen LogP contribution in [0.5, 0.6) is 0 Å². The predicted octanol–water partition coefficient (Wildman–Crippen LogP) is 2.37. The minimum absolute atomic E-state index is 0.478. The molecule has 0 bridgehead atoms. The lowest BCUT2D eigenvalue weighted by Crippen LogP contribution is -2.44. The standard InChI is InChI=1S/C12H16F2N2/c1-16(2)11-7-10(14)9(13)6-8(11)12(15)4-3-5-12/h6-7H,3-5,15H2,1-2H3. The fraction of sp³-hybridized carbons (Fsp3) is 0.500. The number of nitrogens with zero attached hydrogens (tertiary/aromatic N) is 1. The van der Waals surface area contributed by atoms with E-state index in [0.717, 1.165) is 19.3 Å². The largest absolute Gasteiger partial charge is 0.377 e. The van der Waals surface area contributed by atoms with Crippen molar-refractivity contribution in [1.29, 1.82) is 0 Å². The van der Waals surface area contributed by atoms with Gasteiger partial charge >= 0.3 is 0 Å². The van der Waals surface area contributed by atoms with E-state index in [0.29, 0.717) is 11.3 Å². The third-order valence-corrected chi connectivity index (χ3v) is 3.30. The second-order valence-electron chi connectivity index (χ2n) is 4.69. The van der Waals surface area contributed by atoms with Crippen LogP contribution in [-0.2, 0) is 5.54 Å². The fourth-order valence-corrected chi connectivity index (χ4v) is 2.13. The molecule has 0 atom stereocenters. The molecule has 1 aliphatic rings. The summed E-state index contributed by atoms with van der Waals surface area (Å²) in [7, 11) is 3.61. The van der Waals surface area contributed by atoms with Gasteiger partial charge in [-0.25, -0.2) is 8.78 Å². The highest BCUT2D eigenvalue weighted by atomic mass is 19.2. The van der Waals surface area contributed by atoms with Crippen molar-refractivity contribution in [2.24, 2.45) is 5.73 Å². The summed E-state index contributed by atoms with van der Waals surface area (Å²) >= 11 is 0. The van der Waals surface area contributed by atoms with Gasteiger partial charge in [0.2, 0.25) is 0 Å². The molecular formula is C12H16F2N2. The normalized spacial score (nSPS) is 18.1. The van der Waals surface area contributed by atoms with Crippen molar-refractivity contribution in [2.75, 3.05) is 19.0 Å². The van der Waals surface area contributed by atoms with E-state index in [2.05, 4.69) is 0 Å². The summed E-state index contributed by atoms with van der Waals surface area (Å²) in [5.74, 6) is -1.65. The fourth-order valence-electron chi connectivity index (χ4n) is 2.13. The van der Waals surface area contributed by atoms with Crippen LogP contribution in [0.25, 0.3) is 0 Å². The first-order chi connectivity index (χ1) is 7.44. The molecule has 0 aromatic heterocycles. The van der Waals surface area contributed by atoms with Gasteiger partial charge in [0.05, 0.1) is 0 Å². The second-order valence-corrected chi connectivity index (χ2v) is 4.69. The molecule has 1 aliphatic carbocycles. The molecule has 2 rings (SSSR count). The van der Waals surface area contributed by atoms with Crippen LogP contribution in [0.2, 0.25) is 0 Å². The lowest BCUT2D eigenvalue weighted by Gasteiger charge is -2.40. The van der Waals surface area contributed by atoms with Crippen LogP contribution < -0.4 is 10.6 Å². The maximum atomic E-state index is 13.3. The molecule has 2 N–H and O–H groups in total. The summed E-state index contributed by atoms with van der Waals surface area (Å²) in [5, 5.41) is 0. The number of hydrogen-bond donors (Lipinski definition) is 1. The van der Waals surface area contributed by atoms with Gasteiger partial charge in [-0.2, -0.15) is 0 Å². The quantitative estimate of drug-likeness (QED) is 0.838. The number of rotatable bonds is 2. The number of anilines is 1. The minimum Gasteiger partial charge on any atom is -0.377 e. The van der Waals surface area contributed by atoms with Crippen molar-refractivity contribution in [3.05, 3.63) is 29.3 Å². The van der Waals surface area contributed by atoms with Gasteiger partial charge in [-0.05, 0) is 30.9 Å². The Bertz CT molecular complexity index is 412. The van der Waals surface area contributed by atoms with Gasteiger partial charge in [-0.15, -0.1) is 0 Å². The molecule has 0 amide bonds. The van der Waals surface area contributed by atoms with E-state index in [1.54, 1.807) is 19.0 Å². The van der Waals surface area contributed by atoms with Crippen LogP contribution >= 0.6 is 0 Å². The van der Waals surface area contributed by atoms with E-state index in [9.17, 15) is 8.78 Å². The smallest absolute Gasteiger partial charge is 0.160 e. The summed E-state index contributed by atoms with van der Waals surface area (Å²) in [4.78, 5) is 1.77.